The summed E-state index contributed by atoms with van der Waals surface area (Å²) in [5.41, 5.74) is 5.05. The monoisotopic (exact) mass is 351 g/mol. The standard InChI is InChI=1S/C9H9BrClF2NO2.ClH/c10-6-2-4(11)1-5(7(6)16)8(14)9(12,13)3-15;/h1-2,8,15-16H,3,14H2;1H/t8-;/m0./s1. The number of benzene rings is 1. The van der Waals surface area contributed by atoms with Crippen molar-refractivity contribution >= 4 is 39.9 Å². The van der Waals surface area contributed by atoms with Gasteiger partial charge in [-0.25, -0.2) is 8.78 Å². The van der Waals surface area contributed by atoms with E-state index in [0.717, 1.165) is 6.07 Å². The lowest BCUT2D eigenvalue weighted by atomic mass is 10.0. The molecule has 1 aromatic carbocycles. The minimum atomic E-state index is -3.53. The molecule has 1 atom stereocenters. The lowest BCUT2D eigenvalue weighted by Gasteiger charge is -2.22. The Kier molecular flexibility index (Phi) is 6.10. The second kappa shape index (κ2) is 6.15. The summed E-state index contributed by atoms with van der Waals surface area (Å²) in [6.07, 6.45) is 0. The third-order valence-electron chi connectivity index (χ3n) is 2.06. The van der Waals surface area contributed by atoms with E-state index in [-0.39, 0.29) is 27.5 Å². The van der Waals surface area contributed by atoms with Gasteiger partial charge in [-0.2, -0.15) is 0 Å². The fourth-order valence-corrected chi connectivity index (χ4v) is 1.98. The van der Waals surface area contributed by atoms with Crippen molar-refractivity contribution in [3.8, 4) is 5.75 Å². The Bertz CT molecular complexity index is 407. The first-order valence-corrected chi connectivity index (χ1v) is 5.39. The van der Waals surface area contributed by atoms with Crippen molar-refractivity contribution < 1.29 is 19.0 Å². The number of aromatic hydroxyl groups is 1. The summed E-state index contributed by atoms with van der Waals surface area (Å²) in [6, 6.07) is 0.660. The molecule has 1 rings (SSSR count). The second-order valence-electron chi connectivity index (χ2n) is 3.22. The van der Waals surface area contributed by atoms with Crippen molar-refractivity contribution in [2.45, 2.75) is 12.0 Å². The van der Waals surface area contributed by atoms with Gasteiger partial charge in [-0.3, -0.25) is 0 Å². The van der Waals surface area contributed by atoms with Gasteiger partial charge < -0.3 is 15.9 Å². The van der Waals surface area contributed by atoms with E-state index >= 15 is 0 Å². The molecule has 0 heterocycles. The number of aliphatic hydroxyl groups excluding tert-OH is 1. The molecule has 0 aliphatic rings. The van der Waals surface area contributed by atoms with Crippen LogP contribution in [0.4, 0.5) is 8.78 Å². The molecule has 0 aromatic heterocycles. The highest BCUT2D eigenvalue weighted by Gasteiger charge is 2.39. The Balaban J connectivity index is 0.00000256. The minimum Gasteiger partial charge on any atom is -0.506 e. The number of aliphatic hydroxyl groups is 1. The molecule has 0 radical (unpaired) electrons. The van der Waals surface area contributed by atoms with E-state index < -0.39 is 24.3 Å². The number of alkyl halides is 2. The maximum absolute atomic E-state index is 13.1. The van der Waals surface area contributed by atoms with E-state index in [1.807, 2.05) is 0 Å². The number of rotatable bonds is 3. The fraction of sp³-hybridized carbons (Fsp3) is 0.333. The van der Waals surface area contributed by atoms with E-state index in [0.29, 0.717) is 0 Å². The Morgan fingerprint density at radius 1 is 1.47 bits per heavy atom. The number of hydrogen-bond acceptors (Lipinski definition) is 3. The number of nitrogens with two attached hydrogens (primary N) is 1. The van der Waals surface area contributed by atoms with E-state index in [1.54, 1.807) is 0 Å². The molecule has 0 unspecified atom stereocenters. The van der Waals surface area contributed by atoms with Gasteiger partial charge in [0.1, 0.15) is 18.4 Å². The van der Waals surface area contributed by atoms with Crippen molar-refractivity contribution in [1.82, 2.24) is 0 Å². The number of phenolic OH excluding ortho intramolecular Hbond substituents is 1. The van der Waals surface area contributed by atoms with Crippen molar-refractivity contribution in [3.05, 3.63) is 27.2 Å². The molecule has 8 heteroatoms. The average molecular weight is 353 g/mol. The lowest BCUT2D eigenvalue weighted by molar-refractivity contribution is -0.0716. The Morgan fingerprint density at radius 2 is 2.00 bits per heavy atom. The molecule has 3 nitrogen and oxygen atoms in total. The first kappa shape index (κ1) is 16.9. The molecule has 0 saturated carbocycles. The van der Waals surface area contributed by atoms with E-state index in [1.165, 1.54) is 6.07 Å². The van der Waals surface area contributed by atoms with Gasteiger partial charge in [0.15, 0.2) is 0 Å². The zero-order valence-electron chi connectivity index (χ0n) is 8.33. The summed E-state index contributed by atoms with van der Waals surface area (Å²) in [5.74, 6) is -3.94. The van der Waals surface area contributed by atoms with Crippen molar-refractivity contribution in [1.29, 1.82) is 0 Å². The molecule has 0 bridgehead atoms. The minimum absolute atomic E-state index is 0. The van der Waals surface area contributed by atoms with Crippen LogP contribution in [-0.4, -0.2) is 22.7 Å². The summed E-state index contributed by atoms with van der Waals surface area (Å²) < 4.78 is 26.4. The molecule has 0 spiro atoms. The first-order valence-electron chi connectivity index (χ1n) is 4.21. The predicted molar refractivity (Wildman–Crippen MR) is 67.0 cm³/mol. The van der Waals surface area contributed by atoms with Gasteiger partial charge in [0, 0.05) is 10.6 Å². The van der Waals surface area contributed by atoms with E-state index in [9.17, 15) is 13.9 Å². The third-order valence-corrected chi connectivity index (χ3v) is 2.88. The second-order valence-corrected chi connectivity index (χ2v) is 4.51. The average Bonchev–Trinajstić information content (AvgIpc) is 2.22. The summed E-state index contributed by atoms with van der Waals surface area (Å²) in [6.45, 7) is -1.41. The number of phenols is 1. The third kappa shape index (κ3) is 3.66. The van der Waals surface area contributed by atoms with Gasteiger partial charge in [-0.05, 0) is 28.1 Å². The van der Waals surface area contributed by atoms with Crippen molar-refractivity contribution in [2.75, 3.05) is 6.61 Å². The number of halogens is 5. The molecule has 98 valence electrons. The van der Waals surface area contributed by atoms with Crippen molar-refractivity contribution in [2.24, 2.45) is 5.73 Å². The zero-order valence-corrected chi connectivity index (χ0v) is 11.5. The van der Waals surface area contributed by atoms with Crippen LogP contribution in [0.3, 0.4) is 0 Å². The summed E-state index contributed by atoms with van der Waals surface area (Å²) in [5, 5.41) is 18.2. The Morgan fingerprint density at radius 3 is 2.47 bits per heavy atom. The molecule has 4 N–H and O–H groups in total. The summed E-state index contributed by atoms with van der Waals surface area (Å²) in [7, 11) is 0. The Hall–Kier alpha value is -0.140. The SMILES string of the molecule is Cl.N[C@@H](c1cc(Cl)cc(Br)c1O)C(F)(F)CO. The molecular weight excluding hydrogens is 343 g/mol. The fourth-order valence-electron chi connectivity index (χ4n) is 1.15. The molecule has 1 aromatic rings. The zero-order chi connectivity index (χ0) is 12.5. The highest BCUT2D eigenvalue weighted by Crippen LogP contribution is 2.39. The topological polar surface area (TPSA) is 66.5 Å². The van der Waals surface area contributed by atoms with Gasteiger partial charge in [0.2, 0.25) is 0 Å². The maximum Gasteiger partial charge on any atom is 0.289 e. The Labute approximate surface area is 116 Å². The highest BCUT2D eigenvalue weighted by molar-refractivity contribution is 9.10. The number of hydrogen-bond donors (Lipinski definition) is 3. The van der Waals surface area contributed by atoms with Gasteiger partial charge in [0.25, 0.3) is 5.92 Å². The van der Waals surface area contributed by atoms with Crippen molar-refractivity contribution in [3.63, 3.8) is 0 Å². The molecule has 0 saturated heterocycles. The highest BCUT2D eigenvalue weighted by atomic mass is 79.9. The van der Waals surface area contributed by atoms with Crippen LogP contribution in [0.5, 0.6) is 5.75 Å². The molecular formula is C9H10BrCl2F2NO2. The van der Waals surface area contributed by atoms with E-state index in [4.69, 9.17) is 22.4 Å². The smallest absolute Gasteiger partial charge is 0.289 e. The van der Waals surface area contributed by atoms with Gasteiger partial charge in [0.05, 0.1) is 4.47 Å². The maximum atomic E-state index is 13.1. The summed E-state index contributed by atoms with van der Waals surface area (Å²) >= 11 is 8.61. The van der Waals surface area contributed by atoms with Gasteiger partial charge in [-0.15, -0.1) is 12.4 Å². The predicted octanol–water partition coefficient (Wildman–Crippen LogP) is 2.86. The van der Waals surface area contributed by atoms with Crippen LogP contribution in [0, 0.1) is 0 Å². The quantitative estimate of drug-likeness (QED) is 0.783. The van der Waals surface area contributed by atoms with E-state index in [2.05, 4.69) is 15.9 Å². The molecule has 0 amide bonds. The van der Waals surface area contributed by atoms with Crippen LogP contribution < -0.4 is 5.73 Å². The normalized spacial score (nSPS) is 13.1. The largest absolute Gasteiger partial charge is 0.506 e. The molecule has 0 aliphatic heterocycles. The lowest BCUT2D eigenvalue weighted by Crippen LogP contribution is -2.36. The van der Waals surface area contributed by atoms with Crippen LogP contribution in [0.2, 0.25) is 5.02 Å². The molecule has 17 heavy (non-hydrogen) atoms. The first-order chi connectivity index (χ1) is 7.29. The molecule has 0 fully saturated rings. The van der Waals surface area contributed by atoms with Crippen LogP contribution >= 0.6 is 39.9 Å². The van der Waals surface area contributed by atoms with Gasteiger partial charge in [-0.1, -0.05) is 11.6 Å². The van der Waals surface area contributed by atoms with Crippen LogP contribution in [-0.2, 0) is 0 Å². The van der Waals surface area contributed by atoms with Crippen LogP contribution in [0.15, 0.2) is 16.6 Å². The van der Waals surface area contributed by atoms with Crippen LogP contribution in [0.25, 0.3) is 0 Å². The van der Waals surface area contributed by atoms with Crippen LogP contribution in [0.1, 0.15) is 11.6 Å². The van der Waals surface area contributed by atoms with Gasteiger partial charge >= 0.3 is 0 Å². The summed E-state index contributed by atoms with van der Waals surface area (Å²) in [4.78, 5) is 0. The molecule has 0 aliphatic carbocycles.